The van der Waals surface area contributed by atoms with E-state index in [2.05, 4.69) is 5.10 Å². The van der Waals surface area contributed by atoms with Gasteiger partial charge in [0.05, 0.1) is 6.61 Å². The summed E-state index contributed by atoms with van der Waals surface area (Å²) in [5.41, 5.74) is 0.528. The van der Waals surface area contributed by atoms with Gasteiger partial charge in [0.2, 0.25) is 0 Å². The smallest absolute Gasteiger partial charge is 0.274 e. The van der Waals surface area contributed by atoms with Gasteiger partial charge in [0, 0.05) is 25.8 Å². The highest BCUT2D eigenvalue weighted by Gasteiger charge is 2.24. The zero-order valence-corrected chi connectivity index (χ0v) is 14.5. The summed E-state index contributed by atoms with van der Waals surface area (Å²) in [6.45, 7) is 4.91. The molecule has 1 saturated heterocycles. The van der Waals surface area contributed by atoms with E-state index in [0.29, 0.717) is 24.0 Å². The second-order valence-electron chi connectivity index (χ2n) is 6.38. The molecular formula is C19H24FN3O2. The van der Waals surface area contributed by atoms with Crippen LogP contribution in [0.25, 0.3) is 0 Å². The number of ether oxygens (including phenoxy) is 1. The standard InChI is InChI=1S/C19H24FN3O2/c1-2-23-13-9-18(21-23)19(24)22-11-7-15(8-12-22)10-14-25-17-5-3-16(20)4-6-17/h3-6,9,13,15H,2,7-8,10-12,14H2,1H3. The van der Waals surface area contributed by atoms with Crippen LogP contribution in [-0.4, -0.2) is 40.3 Å². The Morgan fingerprint density at radius 2 is 1.96 bits per heavy atom. The Kier molecular flexibility index (Phi) is 5.68. The van der Waals surface area contributed by atoms with Crippen molar-refractivity contribution in [1.29, 1.82) is 0 Å². The molecule has 134 valence electrons. The number of carbonyl (C=O) groups excluding carboxylic acids is 1. The fraction of sp³-hybridized carbons (Fsp3) is 0.474. The second kappa shape index (κ2) is 8.14. The first-order valence-electron chi connectivity index (χ1n) is 8.87. The molecule has 2 heterocycles. The molecule has 0 atom stereocenters. The lowest BCUT2D eigenvalue weighted by Gasteiger charge is -2.31. The van der Waals surface area contributed by atoms with Gasteiger partial charge in [-0.25, -0.2) is 4.39 Å². The lowest BCUT2D eigenvalue weighted by Crippen LogP contribution is -2.39. The lowest BCUT2D eigenvalue weighted by atomic mass is 9.94. The molecule has 1 aromatic heterocycles. The van der Waals surface area contributed by atoms with Gasteiger partial charge in [-0.15, -0.1) is 0 Å². The molecule has 0 spiro atoms. The number of amides is 1. The van der Waals surface area contributed by atoms with Crippen LogP contribution in [0.5, 0.6) is 5.75 Å². The van der Waals surface area contributed by atoms with Gasteiger partial charge in [0.15, 0.2) is 0 Å². The molecule has 0 saturated carbocycles. The molecule has 1 amide bonds. The fourth-order valence-corrected chi connectivity index (χ4v) is 3.11. The largest absolute Gasteiger partial charge is 0.494 e. The van der Waals surface area contributed by atoms with Gasteiger partial charge in [-0.3, -0.25) is 9.48 Å². The lowest BCUT2D eigenvalue weighted by molar-refractivity contribution is 0.0673. The van der Waals surface area contributed by atoms with Gasteiger partial charge >= 0.3 is 0 Å². The SMILES string of the molecule is CCn1ccc(C(=O)N2CCC(CCOc3ccc(F)cc3)CC2)n1. The van der Waals surface area contributed by atoms with Crippen molar-refractivity contribution in [2.75, 3.05) is 19.7 Å². The van der Waals surface area contributed by atoms with E-state index in [-0.39, 0.29) is 11.7 Å². The van der Waals surface area contributed by atoms with Crippen molar-refractivity contribution in [3.8, 4) is 5.75 Å². The first kappa shape index (κ1) is 17.5. The molecule has 1 aliphatic rings. The van der Waals surface area contributed by atoms with Gasteiger partial charge in [-0.05, 0) is 62.4 Å². The van der Waals surface area contributed by atoms with Crippen LogP contribution in [-0.2, 0) is 6.54 Å². The Hall–Kier alpha value is -2.37. The highest BCUT2D eigenvalue weighted by Crippen LogP contribution is 2.22. The summed E-state index contributed by atoms with van der Waals surface area (Å²) < 4.78 is 20.3. The Bertz CT molecular complexity index is 691. The first-order valence-corrected chi connectivity index (χ1v) is 8.87. The number of likely N-dealkylation sites (tertiary alicyclic amines) is 1. The van der Waals surface area contributed by atoms with Gasteiger partial charge in [0.1, 0.15) is 17.3 Å². The zero-order chi connectivity index (χ0) is 17.6. The molecule has 25 heavy (non-hydrogen) atoms. The number of rotatable bonds is 6. The molecule has 6 heteroatoms. The molecule has 2 aromatic rings. The van der Waals surface area contributed by atoms with E-state index in [0.717, 1.165) is 38.9 Å². The molecule has 1 aromatic carbocycles. The van der Waals surface area contributed by atoms with Crippen molar-refractivity contribution >= 4 is 5.91 Å². The Labute approximate surface area is 147 Å². The summed E-state index contributed by atoms with van der Waals surface area (Å²) in [7, 11) is 0. The number of aromatic nitrogens is 2. The quantitative estimate of drug-likeness (QED) is 0.806. The monoisotopic (exact) mass is 345 g/mol. The normalized spacial score (nSPS) is 15.4. The van der Waals surface area contributed by atoms with E-state index in [4.69, 9.17) is 4.74 Å². The van der Waals surface area contributed by atoms with Gasteiger partial charge in [0.25, 0.3) is 5.91 Å². The molecule has 1 fully saturated rings. The second-order valence-corrected chi connectivity index (χ2v) is 6.38. The van der Waals surface area contributed by atoms with Crippen molar-refractivity contribution in [2.24, 2.45) is 5.92 Å². The molecule has 0 N–H and O–H groups in total. The molecule has 0 aliphatic carbocycles. The molecule has 1 aliphatic heterocycles. The number of aryl methyl sites for hydroxylation is 1. The summed E-state index contributed by atoms with van der Waals surface area (Å²) in [4.78, 5) is 14.3. The Morgan fingerprint density at radius 1 is 1.24 bits per heavy atom. The maximum absolute atomic E-state index is 12.9. The number of hydrogen-bond acceptors (Lipinski definition) is 3. The zero-order valence-electron chi connectivity index (χ0n) is 14.5. The van der Waals surface area contributed by atoms with Crippen molar-refractivity contribution < 1.29 is 13.9 Å². The number of halogens is 1. The number of hydrogen-bond donors (Lipinski definition) is 0. The van der Waals surface area contributed by atoms with Crippen LogP contribution in [0.3, 0.4) is 0 Å². The third-order valence-electron chi connectivity index (χ3n) is 4.69. The van der Waals surface area contributed by atoms with E-state index in [1.54, 1.807) is 22.9 Å². The van der Waals surface area contributed by atoms with Gasteiger partial charge < -0.3 is 9.64 Å². The van der Waals surface area contributed by atoms with E-state index >= 15 is 0 Å². The third-order valence-corrected chi connectivity index (χ3v) is 4.69. The van der Waals surface area contributed by atoms with Crippen LogP contribution in [0.15, 0.2) is 36.5 Å². The fourth-order valence-electron chi connectivity index (χ4n) is 3.11. The average Bonchev–Trinajstić information content (AvgIpc) is 3.13. The molecule has 3 rings (SSSR count). The maximum atomic E-state index is 12.9. The summed E-state index contributed by atoms with van der Waals surface area (Å²) in [6.07, 6.45) is 4.75. The minimum absolute atomic E-state index is 0.0215. The summed E-state index contributed by atoms with van der Waals surface area (Å²) in [5.74, 6) is 1.01. The molecular weight excluding hydrogens is 321 g/mol. The highest BCUT2D eigenvalue weighted by molar-refractivity contribution is 5.92. The molecule has 5 nitrogen and oxygen atoms in total. The van der Waals surface area contributed by atoms with E-state index < -0.39 is 0 Å². The minimum atomic E-state index is -0.256. The predicted molar refractivity (Wildman–Crippen MR) is 93.0 cm³/mol. The van der Waals surface area contributed by atoms with Crippen LogP contribution < -0.4 is 4.74 Å². The minimum Gasteiger partial charge on any atom is -0.494 e. The molecule has 0 bridgehead atoms. The van der Waals surface area contributed by atoms with E-state index in [1.165, 1.54) is 12.1 Å². The number of carbonyl (C=O) groups is 1. The Morgan fingerprint density at radius 3 is 2.60 bits per heavy atom. The van der Waals surface area contributed by atoms with Crippen molar-refractivity contribution in [1.82, 2.24) is 14.7 Å². The van der Waals surface area contributed by atoms with E-state index in [1.807, 2.05) is 18.0 Å². The van der Waals surface area contributed by atoms with Gasteiger partial charge in [-0.1, -0.05) is 0 Å². The molecule has 0 unspecified atom stereocenters. The van der Waals surface area contributed by atoms with Gasteiger partial charge in [-0.2, -0.15) is 5.10 Å². The summed E-state index contributed by atoms with van der Waals surface area (Å²) >= 11 is 0. The van der Waals surface area contributed by atoms with Crippen LogP contribution in [0.2, 0.25) is 0 Å². The summed E-state index contributed by atoms with van der Waals surface area (Å²) in [5, 5.41) is 4.29. The third kappa shape index (κ3) is 4.59. The van der Waals surface area contributed by atoms with Crippen LogP contribution in [0, 0.1) is 11.7 Å². The van der Waals surface area contributed by atoms with Crippen LogP contribution in [0.1, 0.15) is 36.7 Å². The first-order chi connectivity index (χ1) is 12.2. The Balaban J connectivity index is 1.40. The topological polar surface area (TPSA) is 47.4 Å². The maximum Gasteiger partial charge on any atom is 0.274 e. The summed E-state index contributed by atoms with van der Waals surface area (Å²) in [6, 6.07) is 7.88. The van der Waals surface area contributed by atoms with Crippen molar-refractivity contribution in [2.45, 2.75) is 32.7 Å². The number of benzene rings is 1. The predicted octanol–water partition coefficient (Wildman–Crippen LogP) is 3.36. The van der Waals surface area contributed by atoms with Crippen LogP contribution in [0.4, 0.5) is 4.39 Å². The van der Waals surface area contributed by atoms with Crippen molar-refractivity contribution in [3.05, 3.63) is 48.0 Å². The van der Waals surface area contributed by atoms with Crippen LogP contribution >= 0.6 is 0 Å². The van der Waals surface area contributed by atoms with Crippen molar-refractivity contribution in [3.63, 3.8) is 0 Å². The molecule has 0 radical (unpaired) electrons. The highest BCUT2D eigenvalue weighted by atomic mass is 19.1. The number of nitrogens with zero attached hydrogens (tertiary/aromatic N) is 3. The number of piperidine rings is 1. The van der Waals surface area contributed by atoms with E-state index in [9.17, 15) is 9.18 Å². The average molecular weight is 345 g/mol.